The molecule has 0 saturated carbocycles. The second-order valence-corrected chi connectivity index (χ2v) is 6.33. The van der Waals surface area contributed by atoms with Crippen LogP contribution in [-0.2, 0) is 5.75 Å². The average molecular weight is 286 g/mol. The number of nitrogens with zero attached hydrogens (tertiary/aromatic N) is 1. The normalized spacial score (nSPS) is 12.2. The van der Waals surface area contributed by atoms with E-state index in [1.54, 1.807) is 11.8 Å². The fourth-order valence-electron chi connectivity index (χ4n) is 2.05. The fraction of sp³-hybridized carbons (Fsp3) is 0.353. The van der Waals surface area contributed by atoms with Gasteiger partial charge in [-0.15, -0.1) is 0 Å². The van der Waals surface area contributed by atoms with Crippen molar-refractivity contribution in [1.82, 2.24) is 0 Å². The Labute approximate surface area is 125 Å². The lowest BCUT2D eigenvalue weighted by Gasteiger charge is -2.06. The highest BCUT2D eigenvalue weighted by molar-refractivity contribution is 8.13. The van der Waals surface area contributed by atoms with E-state index in [0.717, 1.165) is 18.7 Å². The van der Waals surface area contributed by atoms with Crippen molar-refractivity contribution in [2.24, 2.45) is 16.6 Å². The van der Waals surface area contributed by atoms with Crippen molar-refractivity contribution in [1.29, 1.82) is 0 Å². The van der Waals surface area contributed by atoms with E-state index in [4.69, 9.17) is 5.73 Å². The van der Waals surface area contributed by atoms with Crippen LogP contribution in [0, 0.1) is 5.92 Å². The molecule has 0 atom stereocenters. The van der Waals surface area contributed by atoms with Crippen molar-refractivity contribution in [2.75, 3.05) is 6.54 Å². The Morgan fingerprint density at radius 1 is 1.15 bits per heavy atom. The number of amidine groups is 1. The zero-order valence-electron chi connectivity index (χ0n) is 12.2. The third-order valence-corrected chi connectivity index (χ3v) is 4.11. The Morgan fingerprint density at radius 3 is 2.70 bits per heavy atom. The molecule has 0 unspecified atom stereocenters. The number of hydrogen-bond acceptors (Lipinski definition) is 2. The summed E-state index contributed by atoms with van der Waals surface area (Å²) in [5.41, 5.74) is 7.28. The molecule has 2 aromatic carbocycles. The zero-order chi connectivity index (χ0) is 14.4. The first kappa shape index (κ1) is 14.9. The summed E-state index contributed by atoms with van der Waals surface area (Å²) in [6, 6.07) is 14.9. The molecule has 0 aliphatic heterocycles. The minimum Gasteiger partial charge on any atom is -0.379 e. The molecule has 2 nitrogen and oxygen atoms in total. The molecule has 0 radical (unpaired) electrons. The lowest BCUT2D eigenvalue weighted by molar-refractivity contribution is 0.597. The molecule has 0 amide bonds. The minimum absolute atomic E-state index is 0.676. The second kappa shape index (κ2) is 7.34. The quantitative estimate of drug-likeness (QED) is 0.652. The predicted octanol–water partition coefficient (Wildman–Crippen LogP) is 4.43. The topological polar surface area (TPSA) is 38.4 Å². The highest BCUT2D eigenvalue weighted by Gasteiger charge is 2.02. The summed E-state index contributed by atoms with van der Waals surface area (Å²) in [6.07, 6.45) is 1.09. The van der Waals surface area contributed by atoms with Crippen LogP contribution in [0.2, 0.25) is 0 Å². The SMILES string of the molecule is CC(C)CCN=C(N)SCc1cccc2ccccc12. The van der Waals surface area contributed by atoms with Crippen molar-refractivity contribution in [3.05, 3.63) is 48.0 Å². The predicted molar refractivity (Wildman–Crippen MR) is 91.2 cm³/mol. The Morgan fingerprint density at radius 2 is 1.90 bits per heavy atom. The maximum Gasteiger partial charge on any atom is 0.154 e. The summed E-state index contributed by atoms with van der Waals surface area (Å²) >= 11 is 1.62. The number of hydrogen-bond donors (Lipinski definition) is 1. The number of aliphatic imine (C=N–C) groups is 1. The van der Waals surface area contributed by atoms with Crippen LogP contribution in [0.4, 0.5) is 0 Å². The Hall–Kier alpha value is -1.48. The van der Waals surface area contributed by atoms with Crippen LogP contribution in [0.25, 0.3) is 10.8 Å². The van der Waals surface area contributed by atoms with E-state index in [1.807, 2.05) is 0 Å². The number of nitrogens with two attached hydrogens (primary N) is 1. The van der Waals surface area contributed by atoms with Crippen LogP contribution in [0.15, 0.2) is 47.5 Å². The molecule has 0 saturated heterocycles. The molecule has 0 heterocycles. The van der Waals surface area contributed by atoms with E-state index in [2.05, 4.69) is 61.3 Å². The Balaban J connectivity index is 1.99. The maximum absolute atomic E-state index is 5.96. The van der Waals surface area contributed by atoms with E-state index in [-0.39, 0.29) is 0 Å². The minimum atomic E-state index is 0.676. The lowest BCUT2D eigenvalue weighted by Crippen LogP contribution is -2.08. The average Bonchev–Trinajstić information content (AvgIpc) is 2.44. The zero-order valence-corrected chi connectivity index (χ0v) is 13.0. The van der Waals surface area contributed by atoms with Gasteiger partial charge in [0.05, 0.1) is 0 Å². The van der Waals surface area contributed by atoms with Gasteiger partial charge in [0.15, 0.2) is 5.17 Å². The summed E-state index contributed by atoms with van der Waals surface area (Å²) in [5, 5.41) is 3.27. The van der Waals surface area contributed by atoms with E-state index >= 15 is 0 Å². The van der Waals surface area contributed by atoms with Crippen LogP contribution < -0.4 is 5.73 Å². The first-order valence-electron chi connectivity index (χ1n) is 7.06. The van der Waals surface area contributed by atoms with Crippen molar-refractivity contribution in [3.8, 4) is 0 Å². The summed E-state index contributed by atoms with van der Waals surface area (Å²) in [5.74, 6) is 1.55. The number of fused-ring (bicyclic) bond motifs is 1. The van der Waals surface area contributed by atoms with Gasteiger partial charge in [-0.3, -0.25) is 4.99 Å². The molecule has 2 N–H and O–H groups in total. The standard InChI is InChI=1S/C17H22N2S/c1-13(2)10-11-19-17(18)20-12-15-8-5-7-14-6-3-4-9-16(14)15/h3-9,13H,10-12H2,1-2H3,(H2,18,19). The van der Waals surface area contributed by atoms with Crippen molar-refractivity contribution in [2.45, 2.75) is 26.0 Å². The van der Waals surface area contributed by atoms with Crippen molar-refractivity contribution in [3.63, 3.8) is 0 Å². The van der Waals surface area contributed by atoms with Crippen LogP contribution in [0.1, 0.15) is 25.8 Å². The smallest absolute Gasteiger partial charge is 0.154 e. The van der Waals surface area contributed by atoms with Crippen LogP contribution in [0.3, 0.4) is 0 Å². The Bertz CT molecular complexity index is 585. The first-order valence-corrected chi connectivity index (χ1v) is 8.04. The summed E-state index contributed by atoms with van der Waals surface area (Å²) in [4.78, 5) is 4.42. The number of benzene rings is 2. The van der Waals surface area contributed by atoms with Crippen LogP contribution in [0.5, 0.6) is 0 Å². The van der Waals surface area contributed by atoms with Gasteiger partial charge < -0.3 is 5.73 Å². The summed E-state index contributed by atoms with van der Waals surface area (Å²) in [7, 11) is 0. The molecule has 0 aliphatic rings. The van der Waals surface area contributed by atoms with Crippen molar-refractivity contribution >= 4 is 27.7 Å². The van der Waals surface area contributed by atoms with Gasteiger partial charge in [0, 0.05) is 12.3 Å². The van der Waals surface area contributed by atoms with Gasteiger partial charge in [-0.05, 0) is 28.7 Å². The van der Waals surface area contributed by atoms with E-state index in [9.17, 15) is 0 Å². The van der Waals surface area contributed by atoms with Gasteiger partial charge in [-0.2, -0.15) is 0 Å². The van der Waals surface area contributed by atoms with Gasteiger partial charge in [0.2, 0.25) is 0 Å². The summed E-state index contributed by atoms with van der Waals surface area (Å²) in [6.45, 7) is 5.23. The van der Waals surface area contributed by atoms with E-state index in [1.165, 1.54) is 16.3 Å². The molecule has 0 fully saturated rings. The molecular formula is C17H22N2S. The van der Waals surface area contributed by atoms with Gasteiger partial charge >= 0.3 is 0 Å². The molecule has 0 aromatic heterocycles. The van der Waals surface area contributed by atoms with E-state index in [0.29, 0.717) is 11.1 Å². The molecular weight excluding hydrogens is 264 g/mol. The largest absolute Gasteiger partial charge is 0.379 e. The molecule has 2 rings (SSSR count). The molecule has 0 bridgehead atoms. The highest BCUT2D eigenvalue weighted by Crippen LogP contribution is 2.22. The molecule has 3 heteroatoms. The highest BCUT2D eigenvalue weighted by atomic mass is 32.2. The van der Waals surface area contributed by atoms with Crippen LogP contribution >= 0.6 is 11.8 Å². The second-order valence-electron chi connectivity index (χ2n) is 5.33. The van der Waals surface area contributed by atoms with Gasteiger partial charge in [0.1, 0.15) is 0 Å². The lowest BCUT2D eigenvalue weighted by atomic mass is 10.1. The molecule has 2 aromatic rings. The third kappa shape index (κ3) is 4.27. The summed E-state index contributed by atoms with van der Waals surface area (Å²) < 4.78 is 0. The molecule has 106 valence electrons. The maximum atomic E-state index is 5.96. The number of rotatable bonds is 5. The Kier molecular flexibility index (Phi) is 5.48. The molecule has 0 aliphatic carbocycles. The van der Waals surface area contributed by atoms with Gasteiger partial charge in [-0.1, -0.05) is 68.1 Å². The monoisotopic (exact) mass is 286 g/mol. The van der Waals surface area contributed by atoms with Gasteiger partial charge in [0.25, 0.3) is 0 Å². The first-order chi connectivity index (χ1) is 9.66. The van der Waals surface area contributed by atoms with Gasteiger partial charge in [-0.25, -0.2) is 0 Å². The third-order valence-electron chi connectivity index (χ3n) is 3.23. The van der Waals surface area contributed by atoms with Crippen LogP contribution in [-0.4, -0.2) is 11.7 Å². The van der Waals surface area contributed by atoms with E-state index < -0.39 is 0 Å². The molecule has 0 spiro atoms. The number of thioether (sulfide) groups is 1. The molecule has 20 heavy (non-hydrogen) atoms. The fourth-order valence-corrected chi connectivity index (χ4v) is 2.79. The van der Waals surface area contributed by atoms with Crippen molar-refractivity contribution < 1.29 is 0 Å².